The van der Waals surface area contributed by atoms with Crippen molar-refractivity contribution in [2.45, 2.75) is 26.6 Å². The molecule has 3 nitrogen and oxygen atoms in total. The molecule has 0 aliphatic heterocycles. The molecule has 7 heteroatoms. The van der Waals surface area contributed by atoms with Crippen molar-refractivity contribution < 1.29 is 13.2 Å². The molecule has 20 heavy (non-hydrogen) atoms. The van der Waals surface area contributed by atoms with Gasteiger partial charge >= 0.3 is 6.18 Å². The molecule has 1 N–H and O–H groups in total. The first kappa shape index (κ1) is 14.9. The predicted octanol–water partition coefficient (Wildman–Crippen LogP) is 4.74. The lowest BCUT2D eigenvalue weighted by Gasteiger charge is -2.12. The van der Waals surface area contributed by atoms with Crippen LogP contribution in [-0.2, 0) is 12.7 Å². The van der Waals surface area contributed by atoms with Crippen molar-refractivity contribution in [2.24, 2.45) is 0 Å². The van der Waals surface area contributed by atoms with Gasteiger partial charge in [-0.25, -0.2) is 4.98 Å². The van der Waals surface area contributed by atoms with Crippen molar-refractivity contribution in [3.05, 3.63) is 40.1 Å². The smallest absolute Gasteiger partial charge is 0.325 e. The molecule has 108 valence electrons. The Morgan fingerprint density at radius 2 is 2.05 bits per heavy atom. The number of anilines is 2. The summed E-state index contributed by atoms with van der Waals surface area (Å²) in [7, 11) is 0. The summed E-state index contributed by atoms with van der Waals surface area (Å²) < 4.78 is 40.6. The van der Waals surface area contributed by atoms with Crippen molar-refractivity contribution in [2.75, 3.05) is 5.32 Å². The second-order valence-corrected chi connectivity index (χ2v) is 5.16. The van der Waals surface area contributed by atoms with Crippen molar-refractivity contribution in [1.29, 1.82) is 0 Å². The maximum Gasteiger partial charge on any atom is 0.416 e. The summed E-state index contributed by atoms with van der Waals surface area (Å²) in [5.74, 6) is 0.519. The number of benzene rings is 1. The van der Waals surface area contributed by atoms with Crippen molar-refractivity contribution in [3.8, 4) is 0 Å². The van der Waals surface area contributed by atoms with Crippen LogP contribution in [0.4, 0.5) is 24.8 Å². The highest BCUT2D eigenvalue weighted by atomic mass is 79.9. The molecule has 1 heterocycles. The molecule has 1 aromatic heterocycles. The fraction of sp³-hybridized carbons (Fsp3) is 0.308. The van der Waals surface area contributed by atoms with Crippen molar-refractivity contribution >= 4 is 27.6 Å². The molecule has 0 bridgehead atoms. The number of hydrogen-bond donors (Lipinski definition) is 1. The van der Waals surface area contributed by atoms with Crippen LogP contribution in [0, 0.1) is 6.92 Å². The third-order valence-corrected chi connectivity index (χ3v) is 3.47. The highest BCUT2D eigenvalue weighted by Crippen LogP contribution is 2.34. The Labute approximate surface area is 123 Å². The van der Waals surface area contributed by atoms with Gasteiger partial charge in [0.15, 0.2) is 0 Å². The number of imidazole rings is 1. The zero-order valence-corrected chi connectivity index (χ0v) is 12.5. The van der Waals surface area contributed by atoms with Crippen molar-refractivity contribution in [1.82, 2.24) is 9.55 Å². The van der Waals surface area contributed by atoms with Crippen LogP contribution in [-0.4, -0.2) is 9.55 Å². The Kier molecular flexibility index (Phi) is 4.08. The second kappa shape index (κ2) is 5.47. The van der Waals surface area contributed by atoms with Gasteiger partial charge in [0.25, 0.3) is 0 Å². The number of hydrogen-bond acceptors (Lipinski definition) is 2. The van der Waals surface area contributed by atoms with Gasteiger partial charge in [-0.15, -0.1) is 0 Å². The largest absolute Gasteiger partial charge is 0.416 e. The molecule has 0 atom stereocenters. The van der Waals surface area contributed by atoms with E-state index < -0.39 is 11.7 Å². The van der Waals surface area contributed by atoms with E-state index in [9.17, 15) is 13.2 Å². The van der Waals surface area contributed by atoms with E-state index in [4.69, 9.17) is 0 Å². The lowest BCUT2D eigenvalue weighted by molar-refractivity contribution is -0.137. The first-order valence-corrected chi connectivity index (χ1v) is 6.78. The molecule has 0 spiro atoms. The maximum absolute atomic E-state index is 12.7. The topological polar surface area (TPSA) is 29.9 Å². The quantitative estimate of drug-likeness (QED) is 0.869. The predicted molar refractivity (Wildman–Crippen MR) is 75.1 cm³/mol. The number of halogens is 4. The van der Waals surface area contributed by atoms with Gasteiger partial charge in [-0.05, 0) is 48.0 Å². The van der Waals surface area contributed by atoms with Crippen LogP contribution in [0.25, 0.3) is 0 Å². The van der Waals surface area contributed by atoms with E-state index >= 15 is 0 Å². The molecule has 0 saturated heterocycles. The lowest BCUT2D eigenvalue weighted by atomic mass is 10.2. The summed E-state index contributed by atoms with van der Waals surface area (Å²) in [6, 6.07) is 3.47. The van der Waals surface area contributed by atoms with Crippen LogP contribution < -0.4 is 5.32 Å². The van der Waals surface area contributed by atoms with Gasteiger partial charge in [0.2, 0.25) is 5.95 Å². The summed E-state index contributed by atoms with van der Waals surface area (Å²) in [5, 5.41) is 2.93. The number of rotatable bonds is 3. The van der Waals surface area contributed by atoms with E-state index in [-0.39, 0.29) is 0 Å². The molecule has 0 aliphatic rings. The van der Waals surface area contributed by atoms with Crippen LogP contribution in [0.5, 0.6) is 0 Å². The van der Waals surface area contributed by atoms with E-state index in [0.717, 1.165) is 17.8 Å². The zero-order chi connectivity index (χ0) is 14.9. The van der Waals surface area contributed by atoms with Gasteiger partial charge in [-0.1, -0.05) is 0 Å². The number of nitrogens with zero attached hydrogens (tertiary/aromatic N) is 2. The molecule has 0 saturated carbocycles. The summed E-state index contributed by atoms with van der Waals surface area (Å²) >= 11 is 3.24. The molecule has 0 amide bonds. The Morgan fingerprint density at radius 1 is 1.35 bits per heavy atom. The third kappa shape index (κ3) is 3.15. The number of nitrogens with one attached hydrogen (secondary N) is 1. The molecule has 0 aliphatic carbocycles. The first-order chi connectivity index (χ1) is 9.31. The molecule has 2 rings (SSSR count). The monoisotopic (exact) mass is 347 g/mol. The Balaban J connectivity index is 2.37. The highest BCUT2D eigenvalue weighted by Gasteiger charge is 2.31. The molecule has 0 fully saturated rings. The van der Waals surface area contributed by atoms with Gasteiger partial charge in [0.1, 0.15) is 0 Å². The summed E-state index contributed by atoms with van der Waals surface area (Å²) in [5.41, 5.74) is 0.437. The molecule has 0 unspecified atom stereocenters. The van der Waals surface area contributed by atoms with Gasteiger partial charge in [-0.3, -0.25) is 0 Å². The third-order valence-electron chi connectivity index (χ3n) is 2.78. The number of aromatic nitrogens is 2. The average Bonchev–Trinajstić information content (AvgIpc) is 2.71. The van der Waals surface area contributed by atoms with Gasteiger partial charge in [0, 0.05) is 17.2 Å². The molecule has 2 aromatic rings. The summed E-state index contributed by atoms with van der Waals surface area (Å²) in [6.07, 6.45) is -2.53. The van der Waals surface area contributed by atoms with E-state index in [1.807, 2.05) is 24.6 Å². The molecule has 1 aromatic carbocycles. The zero-order valence-electron chi connectivity index (χ0n) is 10.9. The van der Waals surface area contributed by atoms with Crippen molar-refractivity contribution in [3.63, 3.8) is 0 Å². The van der Waals surface area contributed by atoms with Gasteiger partial charge < -0.3 is 9.88 Å². The van der Waals surface area contributed by atoms with E-state index in [1.54, 1.807) is 0 Å². The molecule has 0 radical (unpaired) electrons. The summed E-state index contributed by atoms with van der Waals surface area (Å²) in [6.45, 7) is 4.45. The standard InChI is InChI=1S/C13H13BrF3N3/c1-3-20-7-8(2)18-12(20)19-11-6-9(13(15,16)17)4-5-10(11)14/h4-7H,3H2,1-2H3,(H,18,19). The number of aryl methyl sites for hydroxylation is 2. The van der Waals surface area contributed by atoms with E-state index in [2.05, 4.69) is 26.2 Å². The Morgan fingerprint density at radius 3 is 2.65 bits per heavy atom. The second-order valence-electron chi connectivity index (χ2n) is 4.31. The fourth-order valence-corrected chi connectivity index (χ4v) is 2.15. The number of alkyl halides is 3. The highest BCUT2D eigenvalue weighted by molar-refractivity contribution is 9.10. The Hall–Kier alpha value is -1.50. The minimum atomic E-state index is -4.37. The van der Waals surface area contributed by atoms with Crippen LogP contribution in [0.2, 0.25) is 0 Å². The summed E-state index contributed by atoms with van der Waals surface area (Å²) in [4.78, 5) is 4.26. The average molecular weight is 348 g/mol. The SMILES string of the molecule is CCn1cc(C)nc1Nc1cc(C(F)(F)F)ccc1Br. The van der Waals surface area contributed by atoms with Crippen LogP contribution in [0.3, 0.4) is 0 Å². The lowest BCUT2D eigenvalue weighted by Crippen LogP contribution is -2.07. The van der Waals surface area contributed by atoms with Crippen LogP contribution >= 0.6 is 15.9 Å². The van der Waals surface area contributed by atoms with E-state index in [0.29, 0.717) is 22.7 Å². The van der Waals surface area contributed by atoms with Crippen LogP contribution in [0.1, 0.15) is 18.2 Å². The Bertz CT molecular complexity index is 620. The fourth-order valence-electron chi connectivity index (χ4n) is 1.81. The minimum absolute atomic E-state index is 0.333. The maximum atomic E-state index is 12.7. The minimum Gasteiger partial charge on any atom is -0.325 e. The van der Waals surface area contributed by atoms with E-state index in [1.165, 1.54) is 6.07 Å². The normalized spacial score (nSPS) is 11.7. The van der Waals surface area contributed by atoms with Gasteiger partial charge in [-0.2, -0.15) is 13.2 Å². The first-order valence-electron chi connectivity index (χ1n) is 5.98. The molecular weight excluding hydrogens is 335 g/mol. The van der Waals surface area contributed by atoms with Crippen LogP contribution in [0.15, 0.2) is 28.9 Å². The molecular formula is C13H13BrF3N3. The van der Waals surface area contributed by atoms with Gasteiger partial charge in [0.05, 0.1) is 16.9 Å².